The Morgan fingerprint density at radius 1 is 0.613 bits per heavy atom. The Balaban J connectivity index is 0. The minimum absolute atomic E-state index is 0.345. The van der Waals surface area contributed by atoms with Crippen molar-refractivity contribution in [3.8, 4) is 0 Å². The van der Waals surface area contributed by atoms with Gasteiger partial charge in [0.1, 0.15) is 0 Å². The zero-order valence-electron chi connectivity index (χ0n) is 22.2. The molecule has 0 radical (unpaired) electrons. The van der Waals surface area contributed by atoms with Gasteiger partial charge in [-0.2, -0.15) is 0 Å². The molecule has 31 heavy (non-hydrogen) atoms. The van der Waals surface area contributed by atoms with Crippen molar-refractivity contribution in [2.24, 2.45) is 11.8 Å². The van der Waals surface area contributed by atoms with Gasteiger partial charge in [0, 0.05) is 6.42 Å². The molecule has 0 heterocycles. The van der Waals surface area contributed by atoms with E-state index in [1.165, 1.54) is 109 Å². The molecule has 0 aromatic heterocycles. The molecule has 0 saturated carbocycles. The summed E-state index contributed by atoms with van der Waals surface area (Å²) in [6.07, 6.45) is 22.8. The number of rotatable bonds is 22. The van der Waals surface area contributed by atoms with Crippen LogP contribution in [0, 0.1) is 11.8 Å². The molecule has 0 bridgehead atoms. The zero-order chi connectivity index (χ0) is 23.6. The smallest absolute Gasteiger partial charge is 0.303 e. The maximum Gasteiger partial charge on any atom is 0.303 e. The van der Waals surface area contributed by atoms with Crippen molar-refractivity contribution in [1.82, 2.24) is 5.32 Å². The van der Waals surface area contributed by atoms with Crippen LogP contribution in [0.25, 0.3) is 0 Å². The van der Waals surface area contributed by atoms with Crippen LogP contribution in [-0.4, -0.2) is 24.2 Å². The lowest BCUT2D eigenvalue weighted by Crippen LogP contribution is -2.19. The highest BCUT2D eigenvalue weighted by Gasteiger charge is 1.97. The third kappa shape index (κ3) is 37.1. The fourth-order valence-corrected chi connectivity index (χ4v) is 3.55. The van der Waals surface area contributed by atoms with Crippen molar-refractivity contribution in [2.45, 2.75) is 150 Å². The first-order valence-electron chi connectivity index (χ1n) is 13.8. The summed E-state index contributed by atoms with van der Waals surface area (Å²) < 4.78 is 0. The minimum Gasteiger partial charge on any atom is -0.481 e. The molecule has 0 amide bonds. The first kappa shape index (κ1) is 32.6. The molecule has 2 N–H and O–H groups in total. The van der Waals surface area contributed by atoms with E-state index in [9.17, 15) is 4.79 Å². The lowest BCUT2D eigenvalue weighted by atomic mass is 10.0. The SMILES string of the molecule is CC(C)CCNCCC(C)C.CCCCCCCCCCCCCCCCCC(=O)O. The van der Waals surface area contributed by atoms with Crippen LogP contribution in [0.15, 0.2) is 0 Å². The third-order valence-corrected chi connectivity index (χ3v) is 5.79. The Bertz CT molecular complexity index is 332. The molecule has 0 aliphatic carbocycles. The molecule has 0 aliphatic heterocycles. The van der Waals surface area contributed by atoms with Gasteiger partial charge in [-0.05, 0) is 44.2 Å². The largest absolute Gasteiger partial charge is 0.481 e. The van der Waals surface area contributed by atoms with E-state index in [1.807, 2.05) is 0 Å². The molecule has 188 valence electrons. The minimum atomic E-state index is -0.653. The average Bonchev–Trinajstić information content (AvgIpc) is 2.70. The predicted octanol–water partition coefficient (Wildman–Crippen LogP) is 9.00. The molecular weight excluding hydrogens is 382 g/mol. The van der Waals surface area contributed by atoms with Crippen LogP contribution < -0.4 is 5.32 Å². The van der Waals surface area contributed by atoms with Crippen molar-refractivity contribution in [3.05, 3.63) is 0 Å². The van der Waals surface area contributed by atoms with Crippen molar-refractivity contribution in [1.29, 1.82) is 0 Å². The number of aliphatic carboxylic acids is 1. The Hall–Kier alpha value is -0.570. The van der Waals surface area contributed by atoms with E-state index >= 15 is 0 Å². The van der Waals surface area contributed by atoms with E-state index in [0.29, 0.717) is 6.42 Å². The van der Waals surface area contributed by atoms with Crippen molar-refractivity contribution in [3.63, 3.8) is 0 Å². The first-order chi connectivity index (χ1) is 14.9. The van der Waals surface area contributed by atoms with Crippen LogP contribution in [0.2, 0.25) is 0 Å². The van der Waals surface area contributed by atoms with Gasteiger partial charge < -0.3 is 10.4 Å². The number of nitrogens with one attached hydrogen (secondary N) is 1. The fraction of sp³-hybridized carbons (Fsp3) is 0.964. The average molecular weight is 442 g/mol. The molecule has 0 aromatic carbocycles. The lowest BCUT2D eigenvalue weighted by Gasteiger charge is -2.07. The quantitative estimate of drug-likeness (QED) is 0.165. The molecule has 0 aliphatic rings. The summed E-state index contributed by atoms with van der Waals surface area (Å²) >= 11 is 0. The number of hydrogen-bond donors (Lipinski definition) is 2. The van der Waals surface area contributed by atoms with Crippen molar-refractivity contribution in [2.75, 3.05) is 13.1 Å². The van der Waals surface area contributed by atoms with E-state index < -0.39 is 5.97 Å². The highest BCUT2D eigenvalue weighted by atomic mass is 16.4. The summed E-state index contributed by atoms with van der Waals surface area (Å²) in [6.45, 7) is 13.7. The number of hydrogen-bond acceptors (Lipinski definition) is 2. The molecule has 0 atom stereocenters. The summed E-state index contributed by atoms with van der Waals surface area (Å²) in [4.78, 5) is 10.3. The molecule has 3 nitrogen and oxygen atoms in total. The van der Waals surface area contributed by atoms with Gasteiger partial charge in [-0.25, -0.2) is 0 Å². The molecule has 3 heteroatoms. The van der Waals surface area contributed by atoms with Crippen LogP contribution in [-0.2, 0) is 4.79 Å². The Kier molecular flexibility index (Phi) is 28.9. The number of carboxylic acids is 1. The molecule has 0 saturated heterocycles. The highest BCUT2D eigenvalue weighted by molar-refractivity contribution is 5.66. The van der Waals surface area contributed by atoms with E-state index in [-0.39, 0.29) is 0 Å². The van der Waals surface area contributed by atoms with E-state index in [1.54, 1.807) is 0 Å². The molecule has 0 rings (SSSR count). The third-order valence-electron chi connectivity index (χ3n) is 5.79. The van der Waals surface area contributed by atoms with Crippen LogP contribution >= 0.6 is 0 Å². The number of unbranched alkanes of at least 4 members (excludes halogenated alkanes) is 14. The van der Waals surface area contributed by atoms with Gasteiger partial charge in [-0.3, -0.25) is 4.79 Å². The normalized spacial score (nSPS) is 11.1. The second-order valence-corrected chi connectivity index (χ2v) is 10.2. The van der Waals surface area contributed by atoms with Crippen LogP contribution in [0.4, 0.5) is 0 Å². The molecular formula is C28H59NO2. The standard InChI is InChI=1S/C18H36O2.C10H23N/c1-2-3-4-5-6-7-8-9-10-11-12-13-14-15-16-17-18(19)20;1-9(2)5-7-11-8-6-10(3)4/h2-17H2,1H3,(H,19,20);9-11H,5-8H2,1-4H3. The van der Waals surface area contributed by atoms with E-state index in [2.05, 4.69) is 39.9 Å². The van der Waals surface area contributed by atoms with Crippen molar-refractivity contribution >= 4 is 5.97 Å². The van der Waals surface area contributed by atoms with Crippen LogP contribution in [0.1, 0.15) is 150 Å². The first-order valence-corrected chi connectivity index (χ1v) is 13.8. The molecule has 0 fully saturated rings. The van der Waals surface area contributed by atoms with Gasteiger partial charge in [-0.1, -0.05) is 125 Å². The van der Waals surface area contributed by atoms with Gasteiger partial charge in [0.2, 0.25) is 0 Å². The Labute approximate surface area is 196 Å². The lowest BCUT2D eigenvalue weighted by molar-refractivity contribution is -0.137. The summed E-state index contributed by atoms with van der Waals surface area (Å²) in [5.74, 6) is 1.02. The number of carbonyl (C=O) groups is 1. The predicted molar refractivity (Wildman–Crippen MR) is 139 cm³/mol. The molecule has 0 spiro atoms. The second-order valence-electron chi connectivity index (χ2n) is 10.2. The number of carboxylic acid groups (broad SMARTS) is 1. The molecule has 0 aromatic rings. The fourth-order valence-electron chi connectivity index (χ4n) is 3.55. The van der Waals surface area contributed by atoms with Gasteiger partial charge >= 0.3 is 5.97 Å². The van der Waals surface area contributed by atoms with Crippen LogP contribution in [0.3, 0.4) is 0 Å². The van der Waals surface area contributed by atoms with E-state index in [0.717, 1.165) is 24.7 Å². The Morgan fingerprint density at radius 3 is 1.23 bits per heavy atom. The maximum absolute atomic E-state index is 10.3. The summed E-state index contributed by atoms with van der Waals surface area (Å²) in [5.41, 5.74) is 0. The summed E-state index contributed by atoms with van der Waals surface area (Å²) in [7, 11) is 0. The van der Waals surface area contributed by atoms with Gasteiger partial charge in [0.25, 0.3) is 0 Å². The van der Waals surface area contributed by atoms with Crippen LogP contribution in [0.5, 0.6) is 0 Å². The van der Waals surface area contributed by atoms with Gasteiger partial charge in [0.15, 0.2) is 0 Å². The van der Waals surface area contributed by atoms with Crippen molar-refractivity contribution < 1.29 is 9.90 Å². The summed E-state index contributed by atoms with van der Waals surface area (Å²) in [6, 6.07) is 0. The monoisotopic (exact) mass is 441 g/mol. The summed E-state index contributed by atoms with van der Waals surface area (Å²) in [5, 5.41) is 12.0. The molecule has 0 unspecified atom stereocenters. The van der Waals surface area contributed by atoms with Gasteiger partial charge in [-0.15, -0.1) is 0 Å². The highest BCUT2D eigenvalue weighted by Crippen LogP contribution is 2.13. The van der Waals surface area contributed by atoms with E-state index in [4.69, 9.17) is 5.11 Å². The Morgan fingerprint density at radius 2 is 0.935 bits per heavy atom. The zero-order valence-corrected chi connectivity index (χ0v) is 22.2. The second kappa shape index (κ2) is 27.5. The van der Waals surface area contributed by atoms with Gasteiger partial charge in [0.05, 0.1) is 0 Å². The topological polar surface area (TPSA) is 49.3 Å². The maximum atomic E-state index is 10.3.